The van der Waals surface area contributed by atoms with Gasteiger partial charge < -0.3 is 10.6 Å². The summed E-state index contributed by atoms with van der Waals surface area (Å²) in [7, 11) is 0. The lowest BCUT2D eigenvalue weighted by Gasteiger charge is -2.40. The summed E-state index contributed by atoms with van der Waals surface area (Å²) in [5, 5.41) is 16.2. The Morgan fingerprint density at radius 1 is 1.24 bits per heavy atom. The third-order valence-electron chi connectivity index (χ3n) is 3.54. The van der Waals surface area contributed by atoms with E-state index < -0.39 is 0 Å². The van der Waals surface area contributed by atoms with Crippen molar-refractivity contribution in [2.45, 2.75) is 17.7 Å². The van der Waals surface area contributed by atoms with Crippen LogP contribution in [0.25, 0.3) is 0 Å². The van der Waals surface area contributed by atoms with E-state index in [1.165, 1.54) is 0 Å². The first-order chi connectivity index (χ1) is 10.2. The summed E-state index contributed by atoms with van der Waals surface area (Å²) < 4.78 is 0. The Morgan fingerprint density at radius 2 is 1.95 bits per heavy atom. The fraction of sp³-hybridized carbons (Fsp3) is 0.333. The van der Waals surface area contributed by atoms with Crippen LogP contribution < -0.4 is 10.6 Å². The van der Waals surface area contributed by atoms with Crippen molar-refractivity contribution in [3.63, 3.8) is 0 Å². The van der Waals surface area contributed by atoms with Crippen LogP contribution in [0.15, 0.2) is 40.9 Å². The van der Waals surface area contributed by atoms with Crippen molar-refractivity contribution in [3.05, 3.63) is 40.9 Å². The number of nitrogens with one attached hydrogen (secondary N) is 2. The normalized spacial score (nSPS) is 20.8. The molecule has 2 heterocycles. The molecule has 2 aliphatic heterocycles. The Labute approximate surface area is 132 Å². The number of thioether (sulfide) groups is 2. The van der Waals surface area contributed by atoms with Gasteiger partial charge in [0.15, 0.2) is 0 Å². The molecule has 2 N–H and O–H groups in total. The van der Waals surface area contributed by atoms with Crippen LogP contribution in [-0.4, -0.2) is 22.3 Å². The van der Waals surface area contributed by atoms with Crippen molar-refractivity contribution in [1.29, 1.82) is 5.26 Å². The lowest BCUT2D eigenvalue weighted by Crippen LogP contribution is -2.51. The van der Waals surface area contributed by atoms with Gasteiger partial charge in [-0.1, -0.05) is 30.0 Å². The number of hydrogen-bond donors (Lipinski definition) is 2. The fourth-order valence-electron chi connectivity index (χ4n) is 2.41. The second-order valence-electron chi connectivity index (χ2n) is 4.97. The molecule has 108 valence electrons. The third kappa shape index (κ3) is 3.04. The van der Waals surface area contributed by atoms with Crippen LogP contribution >= 0.6 is 23.5 Å². The molecule has 6 heteroatoms. The van der Waals surface area contributed by atoms with Gasteiger partial charge in [-0.15, -0.1) is 0 Å². The van der Waals surface area contributed by atoms with Gasteiger partial charge in [0, 0.05) is 5.69 Å². The number of carbonyl (C=O) groups is 1. The minimum absolute atomic E-state index is 0.174. The minimum atomic E-state index is -0.264. The molecule has 1 spiro atoms. The minimum Gasteiger partial charge on any atom is -0.349 e. The Hall–Kier alpha value is -1.58. The lowest BCUT2D eigenvalue weighted by atomic mass is 10.1. The molecule has 0 saturated carbocycles. The SMILES string of the molecule is N#CC1=C(Nc2ccccc2)SC2(CCSCC2)NC1=O. The third-order valence-corrected chi connectivity index (χ3v) is 5.93. The first-order valence-corrected chi connectivity index (χ1v) is 8.75. The van der Waals surface area contributed by atoms with Crippen LogP contribution in [0.4, 0.5) is 5.69 Å². The van der Waals surface area contributed by atoms with E-state index in [2.05, 4.69) is 10.6 Å². The highest BCUT2D eigenvalue weighted by Gasteiger charge is 2.41. The second-order valence-corrected chi connectivity index (χ2v) is 7.59. The number of benzene rings is 1. The van der Waals surface area contributed by atoms with E-state index in [1.807, 2.05) is 48.2 Å². The van der Waals surface area contributed by atoms with Crippen LogP contribution in [0.1, 0.15) is 12.8 Å². The predicted molar refractivity (Wildman–Crippen MR) is 87.7 cm³/mol. The Morgan fingerprint density at radius 3 is 2.62 bits per heavy atom. The van der Waals surface area contributed by atoms with E-state index in [1.54, 1.807) is 11.8 Å². The molecule has 1 saturated heterocycles. The highest BCUT2D eigenvalue weighted by molar-refractivity contribution is 8.05. The zero-order valence-electron chi connectivity index (χ0n) is 11.4. The van der Waals surface area contributed by atoms with Crippen LogP contribution in [0.2, 0.25) is 0 Å². The largest absolute Gasteiger partial charge is 0.349 e. The second kappa shape index (κ2) is 6.04. The van der Waals surface area contributed by atoms with Gasteiger partial charge in [-0.2, -0.15) is 17.0 Å². The van der Waals surface area contributed by atoms with Crippen LogP contribution in [0, 0.1) is 11.3 Å². The van der Waals surface area contributed by atoms with Crippen molar-refractivity contribution in [1.82, 2.24) is 5.32 Å². The summed E-state index contributed by atoms with van der Waals surface area (Å²) >= 11 is 3.50. The van der Waals surface area contributed by atoms with Gasteiger partial charge in [-0.25, -0.2) is 0 Å². The van der Waals surface area contributed by atoms with Gasteiger partial charge in [0.2, 0.25) is 0 Å². The number of hydrogen-bond acceptors (Lipinski definition) is 5. The summed E-state index contributed by atoms with van der Waals surface area (Å²) in [6.07, 6.45) is 1.85. The van der Waals surface area contributed by atoms with Gasteiger partial charge in [0.05, 0.1) is 9.90 Å². The van der Waals surface area contributed by atoms with Crippen LogP contribution in [-0.2, 0) is 4.79 Å². The smallest absolute Gasteiger partial charge is 0.265 e. The van der Waals surface area contributed by atoms with E-state index in [4.69, 9.17) is 0 Å². The Balaban J connectivity index is 1.90. The molecule has 1 amide bonds. The number of carbonyl (C=O) groups excluding carboxylic acids is 1. The van der Waals surface area contributed by atoms with Crippen molar-refractivity contribution < 1.29 is 4.79 Å². The van der Waals surface area contributed by atoms with Gasteiger partial charge >= 0.3 is 0 Å². The van der Waals surface area contributed by atoms with Gasteiger partial charge in [-0.05, 0) is 36.5 Å². The van der Waals surface area contributed by atoms with E-state index in [-0.39, 0.29) is 16.4 Å². The summed E-state index contributed by atoms with van der Waals surface area (Å²) in [5.41, 5.74) is 1.07. The molecule has 2 aliphatic rings. The molecule has 0 bridgehead atoms. The topological polar surface area (TPSA) is 64.9 Å². The number of amides is 1. The van der Waals surface area contributed by atoms with Crippen molar-refractivity contribution in [3.8, 4) is 6.07 Å². The highest BCUT2D eigenvalue weighted by atomic mass is 32.2. The molecule has 1 fully saturated rings. The predicted octanol–water partition coefficient (Wildman–Crippen LogP) is 2.92. The highest BCUT2D eigenvalue weighted by Crippen LogP contribution is 2.44. The van der Waals surface area contributed by atoms with Crippen molar-refractivity contribution in [2.24, 2.45) is 0 Å². The van der Waals surface area contributed by atoms with E-state index in [0.717, 1.165) is 30.0 Å². The fourth-order valence-corrected chi connectivity index (χ4v) is 5.21. The molecule has 1 aromatic rings. The zero-order chi connectivity index (χ0) is 14.7. The average Bonchev–Trinajstić information content (AvgIpc) is 2.49. The molecular formula is C15H15N3OS2. The molecular weight excluding hydrogens is 302 g/mol. The molecule has 4 nitrogen and oxygen atoms in total. The molecule has 0 aliphatic carbocycles. The maximum Gasteiger partial charge on any atom is 0.265 e. The average molecular weight is 317 g/mol. The van der Waals surface area contributed by atoms with E-state index in [0.29, 0.717) is 5.03 Å². The molecule has 1 aromatic carbocycles. The molecule has 0 atom stereocenters. The standard InChI is InChI=1S/C15H15N3OS2/c16-10-12-13(19)18-15(6-8-20-9-7-15)21-14(12)17-11-4-2-1-3-5-11/h1-5,17H,6-9H2,(H,18,19). The maximum absolute atomic E-state index is 12.2. The molecule has 0 radical (unpaired) electrons. The molecule has 21 heavy (non-hydrogen) atoms. The Bertz CT molecular complexity index is 616. The van der Waals surface area contributed by atoms with Crippen LogP contribution in [0.3, 0.4) is 0 Å². The number of nitrogens with zero attached hydrogens (tertiary/aromatic N) is 1. The Kier molecular flexibility index (Phi) is 4.13. The first kappa shape index (κ1) is 14.4. The van der Waals surface area contributed by atoms with E-state index in [9.17, 15) is 10.1 Å². The number of nitriles is 1. The van der Waals surface area contributed by atoms with Crippen LogP contribution in [0.5, 0.6) is 0 Å². The summed E-state index contributed by atoms with van der Waals surface area (Å²) in [4.78, 5) is 12.0. The summed E-state index contributed by atoms with van der Waals surface area (Å²) in [6.45, 7) is 0. The van der Waals surface area contributed by atoms with Crippen molar-refractivity contribution >= 4 is 35.1 Å². The molecule has 0 unspecified atom stereocenters. The lowest BCUT2D eigenvalue weighted by molar-refractivity contribution is -0.118. The van der Waals surface area contributed by atoms with E-state index >= 15 is 0 Å². The van der Waals surface area contributed by atoms with Gasteiger partial charge in [0.1, 0.15) is 11.6 Å². The molecule has 0 aromatic heterocycles. The van der Waals surface area contributed by atoms with Gasteiger partial charge in [0.25, 0.3) is 5.91 Å². The van der Waals surface area contributed by atoms with Gasteiger partial charge in [-0.3, -0.25) is 4.79 Å². The summed E-state index contributed by atoms with van der Waals surface area (Å²) in [5.74, 6) is 1.81. The zero-order valence-corrected chi connectivity index (χ0v) is 13.0. The number of anilines is 1. The summed E-state index contributed by atoms with van der Waals surface area (Å²) in [6, 6.07) is 11.7. The monoisotopic (exact) mass is 317 g/mol. The number of para-hydroxylation sites is 1. The quantitative estimate of drug-likeness (QED) is 0.878. The molecule has 3 rings (SSSR count). The maximum atomic E-state index is 12.2. The van der Waals surface area contributed by atoms with Crippen molar-refractivity contribution in [2.75, 3.05) is 16.8 Å². The number of rotatable bonds is 2. The first-order valence-electron chi connectivity index (χ1n) is 6.78.